The number of rotatable bonds is 5. The van der Waals surface area contributed by atoms with Crippen molar-refractivity contribution in [2.75, 3.05) is 6.61 Å². The van der Waals surface area contributed by atoms with Gasteiger partial charge < -0.3 is 10.1 Å². The fourth-order valence-corrected chi connectivity index (χ4v) is 2.85. The summed E-state index contributed by atoms with van der Waals surface area (Å²) >= 11 is 0. The van der Waals surface area contributed by atoms with Crippen molar-refractivity contribution < 1.29 is 14.3 Å². The maximum absolute atomic E-state index is 12.1. The Morgan fingerprint density at radius 2 is 2.17 bits per heavy atom. The molecule has 2 aliphatic heterocycles. The summed E-state index contributed by atoms with van der Waals surface area (Å²) in [5.41, 5.74) is -0.827. The Morgan fingerprint density at radius 1 is 1.33 bits per heavy atom. The van der Waals surface area contributed by atoms with Gasteiger partial charge in [0, 0.05) is 6.61 Å². The zero-order chi connectivity index (χ0) is 13.0. The molecule has 5 nitrogen and oxygen atoms in total. The topological polar surface area (TPSA) is 67.4 Å². The third kappa shape index (κ3) is 2.51. The average Bonchev–Trinajstić information content (AvgIpc) is 2.67. The molecule has 2 saturated heterocycles. The largest absolute Gasteiger partial charge is 0.375 e. The van der Waals surface area contributed by atoms with E-state index in [-0.39, 0.29) is 18.0 Å². The van der Waals surface area contributed by atoms with E-state index in [0.29, 0.717) is 13.0 Å². The number of nitrogens with one attached hydrogen (secondary N) is 2. The van der Waals surface area contributed by atoms with Gasteiger partial charge in [-0.25, -0.2) is 4.79 Å². The summed E-state index contributed by atoms with van der Waals surface area (Å²) in [6.45, 7) is 2.81. The number of hydrogen-bond donors (Lipinski definition) is 2. The fourth-order valence-electron chi connectivity index (χ4n) is 2.85. The van der Waals surface area contributed by atoms with Crippen molar-refractivity contribution in [3.8, 4) is 0 Å². The highest BCUT2D eigenvalue weighted by Crippen LogP contribution is 2.30. The predicted molar refractivity (Wildman–Crippen MR) is 67.1 cm³/mol. The number of hydrogen-bond acceptors (Lipinski definition) is 3. The first-order valence-electron chi connectivity index (χ1n) is 6.94. The lowest BCUT2D eigenvalue weighted by Gasteiger charge is -2.37. The van der Waals surface area contributed by atoms with E-state index < -0.39 is 5.54 Å². The molecule has 2 N–H and O–H groups in total. The van der Waals surface area contributed by atoms with Crippen LogP contribution in [0.2, 0.25) is 0 Å². The maximum Gasteiger partial charge on any atom is 0.322 e. The molecule has 2 fully saturated rings. The molecule has 0 bridgehead atoms. The van der Waals surface area contributed by atoms with Gasteiger partial charge in [0.25, 0.3) is 5.91 Å². The van der Waals surface area contributed by atoms with Crippen LogP contribution in [0.3, 0.4) is 0 Å². The maximum atomic E-state index is 12.1. The Labute approximate surface area is 108 Å². The number of urea groups is 1. The number of carbonyl (C=O) groups is 2. The monoisotopic (exact) mass is 254 g/mol. The van der Waals surface area contributed by atoms with Crippen molar-refractivity contribution >= 4 is 11.9 Å². The van der Waals surface area contributed by atoms with E-state index in [0.717, 1.165) is 38.5 Å². The zero-order valence-electron chi connectivity index (χ0n) is 11.0. The second kappa shape index (κ2) is 5.69. The highest BCUT2D eigenvalue weighted by Gasteiger charge is 2.52. The number of unbranched alkanes of at least 4 members (excludes halogenated alkanes) is 2. The molecule has 102 valence electrons. The minimum absolute atomic E-state index is 0.172. The molecule has 0 saturated carbocycles. The third-order valence-corrected chi connectivity index (χ3v) is 3.87. The smallest absolute Gasteiger partial charge is 0.322 e. The predicted octanol–water partition coefficient (Wildman–Crippen LogP) is 1.71. The average molecular weight is 254 g/mol. The van der Waals surface area contributed by atoms with E-state index >= 15 is 0 Å². The second-order valence-electron chi connectivity index (χ2n) is 5.19. The van der Waals surface area contributed by atoms with Crippen LogP contribution in [-0.2, 0) is 9.53 Å². The van der Waals surface area contributed by atoms with Crippen LogP contribution in [0.15, 0.2) is 0 Å². The van der Waals surface area contributed by atoms with Crippen molar-refractivity contribution in [2.45, 2.75) is 63.5 Å². The van der Waals surface area contributed by atoms with Gasteiger partial charge in [-0.3, -0.25) is 10.1 Å². The van der Waals surface area contributed by atoms with Gasteiger partial charge >= 0.3 is 6.03 Å². The van der Waals surface area contributed by atoms with E-state index in [1.165, 1.54) is 0 Å². The molecular weight excluding hydrogens is 232 g/mol. The first-order valence-corrected chi connectivity index (χ1v) is 6.94. The van der Waals surface area contributed by atoms with E-state index in [2.05, 4.69) is 17.6 Å². The van der Waals surface area contributed by atoms with Crippen LogP contribution in [0.25, 0.3) is 0 Å². The van der Waals surface area contributed by atoms with Crippen molar-refractivity contribution in [1.29, 1.82) is 0 Å². The van der Waals surface area contributed by atoms with Crippen LogP contribution in [0, 0.1) is 0 Å². The van der Waals surface area contributed by atoms with Gasteiger partial charge in [-0.05, 0) is 25.7 Å². The van der Waals surface area contributed by atoms with Gasteiger partial charge in [0.2, 0.25) is 0 Å². The van der Waals surface area contributed by atoms with Crippen LogP contribution >= 0.6 is 0 Å². The van der Waals surface area contributed by atoms with E-state index in [4.69, 9.17) is 4.74 Å². The molecule has 3 amide bonds. The molecule has 2 rings (SSSR count). The van der Waals surface area contributed by atoms with Gasteiger partial charge in [0.05, 0.1) is 6.10 Å². The molecule has 2 aliphatic rings. The minimum Gasteiger partial charge on any atom is -0.375 e. The second-order valence-corrected chi connectivity index (χ2v) is 5.19. The lowest BCUT2D eigenvalue weighted by atomic mass is 9.83. The zero-order valence-corrected chi connectivity index (χ0v) is 11.0. The molecule has 18 heavy (non-hydrogen) atoms. The number of ether oxygens (including phenoxy) is 1. The molecule has 0 aromatic carbocycles. The molecule has 2 atom stereocenters. The van der Waals surface area contributed by atoms with Crippen molar-refractivity contribution in [3.05, 3.63) is 0 Å². The lowest BCUT2D eigenvalue weighted by Crippen LogP contribution is -2.58. The quantitative estimate of drug-likeness (QED) is 0.580. The standard InChI is InChI=1S/C13H22N2O3/c1-2-3-5-8-13(10-7-4-6-9-18-10)11(16)14-12(17)15-13/h10H,2-9H2,1H3,(H2,14,15,16,17)/t10-,13-/m1/s1. The van der Waals surface area contributed by atoms with Gasteiger partial charge in [0.15, 0.2) is 0 Å². The summed E-state index contributed by atoms with van der Waals surface area (Å²) in [5, 5.41) is 5.18. The van der Waals surface area contributed by atoms with Crippen molar-refractivity contribution in [1.82, 2.24) is 10.6 Å². The normalized spacial score (nSPS) is 32.2. The number of amides is 3. The van der Waals surface area contributed by atoms with Crippen LogP contribution in [0.1, 0.15) is 51.9 Å². The molecule has 0 radical (unpaired) electrons. The lowest BCUT2D eigenvalue weighted by molar-refractivity contribution is -0.133. The van der Waals surface area contributed by atoms with Crippen LogP contribution in [-0.4, -0.2) is 30.2 Å². The summed E-state index contributed by atoms with van der Waals surface area (Å²) in [6.07, 6.45) is 6.54. The molecule has 0 aliphatic carbocycles. The Hall–Kier alpha value is -1.10. The van der Waals surface area contributed by atoms with Crippen LogP contribution in [0.4, 0.5) is 4.79 Å². The summed E-state index contributed by atoms with van der Waals surface area (Å²) < 4.78 is 5.74. The molecule has 0 unspecified atom stereocenters. The molecule has 5 heteroatoms. The van der Waals surface area contributed by atoms with Gasteiger partial charge in [-0.15, -0.1) is 0 Å². The highest BCUT2D eigenvalue weighted by molar-refractivity contribution is 6.07. The SMILES string of the molecule is CCCCC[C@]1([C@H]2CCCCO2)NC(=O)NC1=O. The molecule has 0 aromatic rings. The molecule has 2 heterocycles. The number of imide groups is 1. The van der Waals surface area contributed by atoms with Gasteiger partial charge in [-0.1, -0.05) is 26.2 Å². The Morgan fingerprint density at radius 3 is 2.72 bits per heavy atom. The fraction of sp³-hybridized carbons (Fsp3) is 0.846. The highest BCUT2D eigenvalue weighted by atomic mass is 16.5. The Balaban J connectivity index is 2.10. The first-order chi connectivity index (χ1) is 8.69. The summed E-state index contributed by atoms with van der Waals surface area (Å²) in [5.74, 6) is -0.212. The van der Waals surface area contributed by atoms with E-state index in [1.807, 2.05) is 0 Å². The van der Waals surface area contributed by atoms with E-state index in [1.54, 1.807) is 0 Å². The molecule has 0 aromatic heterocycles. The summed E-state index contributed by atoms with van der Waals surface area (Å²) in [6, 6.07) is -0.384. The Bertz CT molecular complexity index is 326. The van der Waals surface area contributed by atoms with Crippen molar-refractivity contribution in [3.63, 3.8) is 0 Å². The van der Waals surface area contributed by atoms with Crippen molar-refractivity contribution in [2.24, 2.45) is 0 Å². The molecular formula is C13H22N2O3. The Kier molecular flexibility index (Phi) is 4.22. The van der Waals surface area contributed by atoms with E-state index in [9.17, 15) is 9.59 Å². The summed E-state index contributed by atoms with van der Waals surface area (Å²) in [7, 11) is 0. The minimum atomic E-state index is -0.827. The van der Waals surface area contributed by atoms with Gasteiger partial charge in [0.1, 0.15) is 5.54 Å². The summed E-state index contributed by atoms with van der Waals surface area (Å²) in [4.78, 5) is 23.6. The van der Waals surface area contributed by atoms with Gasteiger partial charge in [-0.2, -0.15) is 0 Å². The third-order valence-electron chi connectivity index (χ3n) is 3.87. The molecule has 0 spiro atoms. The van der Waals surface area contributed by atoms with Crippen LogP contribution < -0.4 is 10.6 Å². The van der Waals surface area contributed by atoms with Crippen LogP contribution in [0.5, 0.6) is 0 Å². The first kappa shape index (κ1) is 13.3. The number of carbonyl (C=O) groups excluding carboxylic acids is 2.